The molecule has 0 saturated heterocycles. The number of amides is 1. The number of aromatic nitrogens is 3. The fraction of sp³-hybridized carbons (Fsp3) is 0.690. The van der Waals surface area contributed by atoms with E-state index >= 15 is 0 Å². The van der Waals surface area contributed by atoms with Crippen LogP contribution in [0.4, 0.5) is 10.1 Å². The highest BCUT2D eigenvalue weighted by Crippen LogP contribution is 2.50. The van der Waals surface area contributed by atoms with Crippen LogP contribution >= 0.6 is 0 Å². The lowest BCUT2D eigenvalue weighted by Gasteiger charge is -2.43. The molecule has 2 aromatic heterocycles. The summed E-state index contributed by atoms with van der Waals surface area (Å²) >= 11 is 0. The SMILES string of the molecule is COc1ncc(F)cc1C(CO[Si](C(C)C)(C(C)C)C(C)C)n1cc(NC(=O)C(N)C(C2CC2)C2CC2)cn1. The molecule has 0 spiro atoms. The van der Waals surface area contributed by atoms with Crippen molar-refractivity contribution in [2.75, 3.05) is 19.0 Å². The molecule has 0 bridgehead atoms. The van der Waals surface area contributed by atoms with Gasteiger partial charge in [-0.15, -0.1) is 0 Å². The van der Waals surface area contributed by atoms with Crippen LogP contribution in [0.5, 0.6) is 5.88 Å². The molecule has 0 radical (unpaired) electrons. The number of ether oxygens (including phenoxy) is 1. The number of nitrogens with two attached hydrogens (primary N) is 1. The summed E-state index contributed by atoms with van der Waals surface area (Å²) in [6, 6.07) is 0.389. The lowest BCUT2D eigenvalue weighted by atomic mass is 9.89. The molecular formula is C29H46FN5O3Si. The molecule has 216 valence electrons. The third-order valence-electron chi connectivity index (χ3n) is 8.83. The number of nitrogens with one attached hydrogen (secondary N) is 1. The van der Waals surface area contributed by atoms with Crippen molar-refractivity contribution in [2.24, 2.45) is 23.5 Å². The largest absolute Gasteiger partial charge is 0.481 e. The zero-order valence-electron chi connectivity index (χ0n) is 24.5. The molecule has 2 aliphatic carbocycles. The van der Waals surface area contributed by atoms with Gasteiger partial charge in [0.25, 0.3) is 0 Å². The van der Waals surface area contributed by atoms with E-state index in [-0.39, 0.29) is 18.4 Å². The average molecular weight is 560 g/mol. The summed E-state index contributed by atoms with van der Waals surface area (Å²) in [5, 5.41) is 7.56. The van der Waals surface area contributed by atoms with Gasteiger partial charge in [0.2, 0.25) is 11.8 Å². The Kier molecular flexibility index (Phi) is 9.18. The highest BCUT2D eigenvalue weighted by atomic mass is 28.4. The summed E-state index contributed by atoms with van der Waals surface area (Å²) in [7, 11) is -0.719. The van der Waals surface area contributed by atoms with Gasteiger partial charge in [-0.2, -0.15) is 5.10 Å². The van der Waals surface area contributed by atoms with Crippen LogP contribution in [0, 0.1) is 23.6 Å². The topological polar surface area (TPSA) is 104 Å². The monoisotopic (exact) mass is 559 g/mol. The molecule has 2 unspecified atom stereocenters. The van der Waals surface area contributed by atoms with Gasteiger partial charge < -0.3 is 20.2 Å². The molecule has 8 nitrogen and oxygen atoms in total. The van der Waals surface area contributed by atoms with Gasteiger partial charge in [0.05, 0.1) is 37.8 Å². The fourth-order valence-electron chi connectivity index (χ4n) is 6.79. The van der Waals surface area contributed by atoms with E-state index < -0.39 is 26.2 Å². The molecule has 0 aliphatic heterocycles. The van der Waals surface area contributed by atoms with E-state index in [4.69, 9.17) is 14.9 Å². The first-order chi connectivity index (χ1) is 18.5. The Morgan fingerprint density at radius 1 is 1.10 bits per heavy atom. The van der Waals surface area contributed by atoms with E-state index in [9.17, 15) is 9.18 Å². The Balaban J connectivity index is 1.60. The van der Waals surface area contributed by atoms with Crippen LogP contribution in [0.1, 0.15) is 78.8 Å². The number of pyridine rings is 1. The minimum atomic E-state index is -2.24. The second-order valence-electron chi connectivity index (χ2n) is 12.4. The lowest BCUT2D eigenvalue weighted by molar-refractivity contribution is -0.118. The minimum absolute atomic E-state index is 0.179. The maximum absolute atomic E-state index is 14.4. The van der Waals surface area contributed by atoms with Gasteiger partial charge in [-0.05, 0) is 66.1 Å². The third-order valence-corrected chi connectivity index (χ3v) is 14.9. The summed E-state index contributed by atoms with van der Waals surface area (Å²) in [4.78, 5) is 17.3. The van der Waals surface area contributed by atoms with Gasteiger partial charge >= 0.3 is 0 Å². The Morgan fingerprint density at radius 2 is 1.69 bits per heavy atom. The van der Waals surface area contributed by atoms with Crippen LogP contribution in [0.2, 0.25) is 16.6 Å². The van der Waals surface area contributed by atoms with Gasteiger partial charge in [0.1, 0.15) is 11.9 Å². The second-order valence-corrected chi connectivity index (χ2v) is 17.8. The van der Waals surface area contributed by atoms with Crippen molar-refractivity contribution in [3.8, 4) is 5.88 Å². The molecule has 3 N–H and O–H groups in total. The number of hydrogen-bond acceptors (Lipinski definition) is 6. The fourth-order valence-corrected chi connectivity index (χ4v) is 12.2. The van der Waals surface area contributed by atoms with Crippen molar-refractivity contribution in [3.05, 3.63) is 36.0 Å². The summed E-state index contributed by atoms with van der Waals surface area (Å²) in [5.41, 5.74) is 8.69. The smallest absolute Gasteiger partial charge is 0.241 e. The molecule has 0 aromatic carbocycles. The molecule has 2 saturated carbocycles. The van der Waals surface area contributed by atoms with E-state index in [2.05, 4.69) is 56.9 Å². The summed E-state index contributed by atoms with van der Waals surface area (Å²) < 4.78 is 28.6. The van der Waals surface area contributed by atoms with Crippen molar-refractivity contribution in [1.29, 1.82) is 0 Å². The molecule has 2 aliphatic rings. The van der Waals surface area contributed by atoms with Crippen LogP contribution in [0.15, 0.2) is 24.7 Å². The van der Waals surface area contributed by atoms with Crippen LogP contribution in [0.25, 0.3) is 0 Å². The number of anilines is 1. The van der Waals surface area contributed by atoms with Gasteiger partial charge in [-0.3, -0.25) is 9.48 Å². The molecule has 39 heavy (non-hydrogen) atoms. The van der Waals surface area contributed by atoms with Crippen molar-refractivity contribution >= 4 is 19.9 Å². The third kappa shape index (κ3) is 6.38. The quantitative estimate of drug-likeness (QED) is 0.279. The summed E-state index contributed by atoms with van der Waals surface area (Å²) in [5.74, 6) is 1.07. The van der Waals surface area contributed by atoms with E-state index in [1.54, 1.807) is 17.1 Å². The minimum Gasteiger partial charge on any atom is -0.481 e. The first-order valence-electron chi connectivity index (χ1n) is 14.4. The van der Waals surface area contributed by atoms with Gasteiger partial charge in [-0.1, -0.05) is 41.5 Å². The summed E-state index contributed by atoms with van der Waals surface area (Å²) in [6.07, 6.45) is 9.17. The predicted octanol–water partition coefficient (Wildman–Crippen LogP) is 5.91. The van der Waals surface area contributed by atoms with Crippen molar-refractivity contribution in [2.45, 2.75) is 95.9 Å². The number of nitrogens with zero attached hydrogens (tertiary/aromatic N) is 3. The van der Waals surface area contributed by atoms with Crippen LogP contribution in [-0.4, -0.2) is 48.7 Å². The highest BCUT2D eigenvalue weighted by molar-refractivity contribution is 6.77. The first kappa shape index (κ1) is 29.7. The second kappa shape index (κ2) is 12.1. The van der Waals surface area contributed by atoms with Crippen molar-refractivity contribution in [1.82, 2.24) is 14.8 Å². The standard InChI is InChI=1S/C29H46FN5O3Si/c1-17(2)39(18(3)4,19(5)6)38-16-25(24-12-22(30)13-32-29(24)37-7)35-15-23(14-33-35)34-28(36)27(31)26(20-8-9-20)21-10-11-21/h12-15,17-21,25-27H,8-11,16,31H2,1-7H3,(H,34,36). The number of halogens is 1. The number of carbonyl (C=O) groups is 1. The molecule has 2 heterocycles. The number of carbonyl (C=O) groups excluding carboxylic acids is 1. The van der Waals surface area contributed by atoms with E-state index in [0.717, 1.165) is 6.20 Å². The van der Waals surface area contributed by atoms with Crippen molar-refractivity contribution < 1.29 is 18.3 Å². The number of methoxy groups -OCH3 is 1. The van der Waals surface area contributed by atoms with Gasteiger partial charge in [0, 0.05) is 11.8 Å². The molecule has 1 amide bonds. The Hall–Kier alpha value is -2.30. The molecule has 2 atom stereocenters. The van der Waals surface area contributed by atoms with Crippen molar-refractivity contribution in [3.63, 3.8) is 0 Å². The van der Waals surface area contributed by atoms with Gasteiger partial charge in [-0.25, -0.2) is 9.37 Å². The maximum atomic E-state index is 14.4. The van der Waals surface area contributed by atoms with Crippen LogP contribution < -0.4 is 15.8 Å². The zero-order chi connectivity index (χ0) is 28.5. The van der Waals surface area contributed by atoms with E-state index in [1.165, 1.54) is 38.9 Å². The Labute approximate surface area is 233 Å². The summed E-state index contributed by atoms with van der Waals surface area (Å²) in [6.45, 7) is 13.7. The number of rotatable bonds is 14. The van der Waals surface area contributed by atoms with E-state index in [0.29, 0.717) is 45.6 Å². The Bertz CT molecular complexity index is 1100. The highest BCUT2D eigenvalue weighted by Gasteiger charge is 2.47. The maximum Gasteiger partial charge on any atom is 0.241 e. The van der Waals surface area contributed by atoms with E-state index in [1.807, 2.05) is 0 Å². The van der Waals surface area contributed by atoms with Gasteiger partial charge in [0.15, 0.2) is 8.32 Å². The molecule has 2 aromatic rings. The zero-order valence-corrected chi connectivity index (χ0v) is 25.5. The molecule has 4 rings (SSSR count). The Morgan fingerprint density at radius 3 is 2.21 bits per heavy atom. The molecule has 2 fully saturated rings. The van der Waals surface area contributed by atoms with Crippen LogP contribution in [-0.2, 0) is 9.22 Å². The average Bonchev–Trinajstić information content (AvgIpc) is 3.82. The molecule has 10 heteroatoms. The van der Waals surface area contributed by atoms with Crippen LogP contribution in [0.3, 0.4) is 0 Å². The normalized spacial score (nSPS) is 17.8. The lowest BCUT2D eigenvalue weighted by Crippen LogP contribution is -2.48. The number of hydrogen-bond donors (Lipinski definition) is 2. The predicted molar refractivity (Wildman–Crippen MR) is 154 cm³/mol. The molecular weight excluding hydrogens is 513 g/mol. The first-order valence-corrected chi connectivity index (χ1v) is 16.6.